The van der Waals surface area contributed by atoms with Gasteiger partial charge in [-0.1, -0.05) is 12.1 Å². The van der Waals surface area contributed by atoms with Crippen molar-refractivity contribution in [2.45, 2.75) is 13.1 Å². The molecule has 3 aromatic rings. The molecule has 0 fully saturated rings. The standard InChI is InChI=1S/C19H15F3N2O2S/c1-12-23-17(11-27-12)13-2-6-15(7-3-13)24-18(25)10-26-16-8-4-14(5-9-16)19(20,21)22/h2-9,11H,10H2,1H3,(H,24,25). The first-order valence-corrected chi connectivity index (χ1v) is 8.82. The molecule has 0 radical (unpaired) electrons. The first-order valence-electron chi connectivity index (χ1n) is 7.94. The number of amides is 1. The van der Waals surface area contributed by atoms with Crippen LogP contribution in [-0.2, 0) is 11.0 Å². The van der Waals surface area contributed by atoms with E-state index >= 15 is 0 Å². The van der Waals surface area contributed by atoms with Gasteiger partial charge in [-0.25, -0.2) is 4.98 Å². The zero-order valence-corrected chi connectivity index (χ0v) is 15.0. The number of aryl methyl sites for hydroxylation is 1. The number of benzene rings is 2. The van der Waals surface area contributed by atoms with Crippen molar-refractivity contribution < 1.29 is 22.7 Å². The zero-order valence-electron chi connectivity index (χ0n) is 14.2. The number of hydrogen-bond acceptors (Lipinski definition) is 4. The Morgan fingerprint density at radius 2 is 1.78 bits per heavy atom. The molecule has 1 amide bonds. The van der Waals surface area contributed by atoms with E-state index in [4.69, 9.17) is 4.74 Å². The first-order chi connectivity index (χ1) is 12.8. The second-order valence-electron chi connectivity index (χ2n) is 5.69. The van der Waals surface area contributed by atoms with Gasteiger partial charge < -0.3 is 10.1 Å². The van der Waals surface area contributed by atoms with E-state index in [1.54, 1.807) is 23.5 Å². The summed E-state index contributed by atoms with van der Waals surface area (Å²) < 4.78 is 42.7. The normalized spacial score (nSPS) is 11.3. The number of carbonyl (C=O) groups excluding carboxylic acids is 1. The Labute approximate surface area is 157 Å². The summed E-state index contributed by atoms with van der Waals surface area (Å²) in [5.41, 5.74) is 1.64. The monoisotopic (exact) mass is 392 g/mol. The highest BCUT2D eigenvalue weighted by atomic mass is 32.1. The molecule has 0 aliphatic heterocycles. The van der Waals surface area contributed by atoms with Crippen LogP contribution in [0.4, 0.5) is 18.9 Å². The predicted molar refractivity (Wildman–Crippen MR) is 97.9 cm³/mol. The summed E-state index contributed by atoms with van der Waals surface area (Å²) in [5.74, 6) is -0.223. The fraction of sp³-hybridized carbons (Fsp3) is 0.158. The minimum atomic E-state index is -4.40. The third kappa shape index (κ3) is 5.07. The molecule has 0 saturated heterocycles. The molecule has 1 N–H and O–H groups in total. The van der Waals surface area contributed by atoms with Crippen molar-refractivity contribution in [3.8, 4) is 17.0 Å². The number of aromatic nitrogens is 1. The molecule has 0 saturated carbocycles. The molecule has 0 aliphatic carbocycles. The second kappa shape index (κ2) is 7.79. The van der Waals surface area contributed by atoms with Crippen molar-refractivity contribution in [1.29, 1.82) is 0 Å². The lowest BCUT2D eigenvalue weighted by Crippen LogP contribution is -2.20. The molecule has 0 aliphatic rings. The van der Waals surface area contributed by atoms with Crippen LogP contribution in [0.5, 0.6) is 5.75 Å². The zero-order chi connectivity index (χ0) is 19.4. The molecule has 27 heavy (non-hydrogen) atoms. The maximum Gasteiger partial charge on any atom is 0.416 e. The Morgan fingerprint density at radius 3 is 2.33 bits per heavy atom. The number of thiazole rings is 1. The summed E-state index contributed by atoms with van der Waals surface area (Å²) in [6.45, 7) is 1.62. The van der Waals surface area contributed by atoms with Gasteiger partial charge in [0.15, 0.2) is 6.61 Å². The van der Waals surface area contributed by atoms with E-state index in [9.17, 15) is 18.0 Å². The molecule has 0 atom stereocenters. The number of carbonyl (C=O) groups is 1. The molecule has 1 heterocycles. The third-order valence-electron chi connectivity index (χ3n) is 3.64. The number of alkyl halides is 3. The average Bonchev–Trinajstić information content (AvgIpc) is 3.07. The van der Waals surface area contributed by atoms with Crippen molar-refractivity contribution in [3.05, 3.63) is 64.5 Å². The Morgan fingerprint density at radius 1 is 1.11 bits per heavy atom. The highest BCUT2D eigenvalue weighted by Crippen LogP contribution is 2.30. The van der Waals surface area contributed by atoms with Gasteiger partial charge in [0.05, 0.1) is 16.3 Å². The number of ether oxygens (including phenoxy) is 1. The molecular weight excluding hydrogens is 377 g/mol. The summed E-state index contributed by atoms with van der Waals surface area (Å²) in [7, 11) is 0. The lowest BCUT2D eigenvalue weighted by molar-refractivity contribution is -0.137. The van der Waals surface area contributed by atoms with Gasteiger partial charge in [0.2, 0.25) is 0 Å². The van der Waals surface area contributed by atoms with Crippen molar-refractivity contribution in [2.75, 3.05) is 11.9 Å². The first kappa shape index (κ1) is 18.9. The van der Waals surface area contributed by atoms with Gasteiger partial charge in [-0.15, -0.1) is 11.3 Å². The van der Waals surface area contributed by atoms with Crippen LogP contribution >= 0.6 is 11.3 Å². The van der Waals surface area contributed by atoms with Crippen LogP contribution in [0.3, 0.4) is 0 Å². The Bertz CT molecular complexity index is 919. The summed E-state index contributed by atoms with van der Waals surface area (Å²) in [5, 5.41) is 5.60. The minimum absolute atomic E-state index is 0.187. The molecule has 2 aromatic carbocycles. The van der Waals surface area contributed by atoms with Gasteiger partial charge in [-0.05, 0) is 43.3 Å². The molecule has 0 bridgehead atoms. The average molecular weight is 392 g/mol. The minimum Gasteiger partial charge on any atom is -0.484 e. The Balaban J connectivity index is 1.53. The summed E-state index contributed by atoms with van der Waals surface area (Å²) in [6, 6.07) is 11.4. The smallest absolute Gasteiger partial charge is 0.416 e. The van der Waals surface area contributed by atoms with Crippen LogP contribution < -0.4 is 10.1 Å². The quantitative estimate of drug-likeness (QED) is 0.653. The van der Waals surface area contributed by atoms with Crippen LogP contribution in [0.15, 0.2) is 53.9 Å². The number of rotatable bonds is 5. The van der Waals surface area contributed by atoms with Gasteiger partial charge in [-0.3, -0.25) is 4.79 Å². The van der Waals surface area contributed by atoms with Crippen LogP contribution in [0.25, 0.3) is 11.3 Å². The van der Waals surface area contributed by atoms with E-state index in [-0.39, 0.29) is 12.4 Å². The lowest BCUT2D eigenvalue weighted by Gasteiger charge is -2.10. The molecule has 0 unspecified atom stereocenters. The SMILES string of the molecule is Cc1nc(-c2ccc(NC(=O)COc3ccc(C(F)(F)F)cc3)cc2)cs1. The van der Waals surface area contributed by atoms with Crippen LogP contribution in [0, 0.1) is 6.92 Å². The number of hydrogen-bond donors (Lipinski definition) is 1. The van der Waals surface area contributed by atoms with Crippen LogP contribution in [0.2, 0.25) is 0 Å². The Kier molecular flexibility index (Phi) is 5.46. The maximum atomic E-state index is 12.5. The number of halogens is 3. The fourth-order valence-electron chi connectivity index (χ4n) is 2.31. The van der Waals surface area contributed by atoms with E-state index < -0.39 is 17.6 Å². The highest BCUT2D eigenvalue weighted by Gasteiger charge is 2.30. The van der Waals surface area contributed by atoms with Gasteiger partial charge in [0, 0.05) is 16.6 Å². The van der Waals surface area contributed by atoms with Crippen LogP contribution in [0.1, 0.15) is 10.6 Å². The van der Waals surface area contributed by atoms with Gasteiger partial charge in [0.25, 0.3) is 5.91 Å². The fourth-order valence-corrected chi connectivity index (χ4v) is 2.93. The van der Waals surface area contributed by atoms with Crippen molar-refractivity contribution >= 4 is 22.9 Å². The number of nitrogens with zero attached hydrogens (tertiary/aromatic N) is 1. The maximum absolute atomic E-state index is 12.5. The molecule has 140 valence electrons. The van der Waals surface area contributed by atoms with E-state index in [0.717, 1.165) is 28.4 Å². The second-order valence-corrected chi connectivity index (χ2v) is 6.75. The molecule has 4 nitrogen and oxygen atoms in total. The van der Waals surface area contributed by atoms with E-state index in [1.807, 2.05) is 24.4 Å². The Hall–Kier alpha value is -2.87. The van der Waals surface area contributed by atoms with Gasteiger partial charge >= 0.3 is 6.18 Å². The van der Waals surface area contributed by atoms with E-state index in [2.05, 4.69) is 10.3 Å². The molecule has 8 heteroatoms. The lowest BCUT2D eigenvalue weighted by atomic mass is 10.1. The summed E-state index contributed by atoms with van der Waals surface area (Å²) in [6.07, 6.45) is -4.40. The van der Waals surface area contributed by atoms with Gasteiger partial charge in [0.1, 0.15) is 5.75 Å². The van der Waals surface area contributed by atoms with Crippen LogP contribution in [-0.4, -0.2) is 17.5 Å². The number of anilines is 1. The van der Waals surface area contributed by atoms with Crippen molar-refractivity contribution in [2.24, 2.45) is 0 Å². The van der Waals surface area contributed by atoms with E-state index in [1.165, 1.54) is 12.1 Å². The predicted octanol–water partition coefficient (Wildman–Crippen LogP) is 5.15. The molecular formula is C19H15F3N2O2S. The molecule has 1 aromatic heterocycles. The van der Waals surface area contributed by atoms with E-state index in [0.29, 0.717) is 5.69 Å². The summed E-state index contributed by atoms with van der Waals surface area (Å²) >= 11 is 1.56. The third-order valence-corrected chi connectivity index (χ3v) is 4.41. The van der Waals surface area contributed by atoms with Gasteiger partial charge in [-0.2, -0.15) is 13.2 Å². The topological polar surface area (TPSA) is 51.2 Å². The highest BCUT2D eigenvalue weighted by molar-refractivity contribution is 7.09. The molecule has 3 rings (SSSR count). The summed E-state index contributed by atoms with van der Waals surface area (Å²) in [4.78, 5) is 16.3. The number of nitrogens with one attached hydrogen (secondary N) is 1. The largest absolute Gasteiger partial charge is 0.484 e. The molecule has 0 spiro atoms. The van der Waals surface area contributed by atoms with Crippen molar-refractivity contribution in [3.63, 3.8) is 0 Å². The van der Waals surface area contributed by atoms with Crippen molar-refractivity contribution in [1.82, 2.24) is 4.98 Å².